The summed E-state index contributed by atoms with van der Waals surface area (Å²) in [4.78, 5) is 0. The smallest absolute Gasteiger partial charge is 0.240 e. The molecule has 0 saturated heterocycles. The van der Waals surface area contributed by atoms with Crippen molar-refractivity contribution in [2.75, 3.05) is 5.73 Å². The van der Waals surface area contributed by atoms with E-state index in [2.05, 4.69) is 0 Å². The summed E-state index contributed by atoms with van der Waals surface area (Å²) in [6.07, 6.45) is 0. The van der Waals surface area contributed by atoms with E-state index in [1.165, 1.54) is 12.1 Å². The molecule has 13 heavy (non-hydrogen) atoms. The molecular formula is C7H10N2O3S. The highest BCUT2D eigenvalue weighted by Crippen LogP contribution is 2.18. The van der Waals surface area contributed by atoms with Crippen LogP contribution in [0.4, 0.5) is 5.69 Å². The molecule has 0 aromatic heterocycles. The van der Waals surface area contributed by atoms with Gasteiger partial charge in [-0.1, -0.05) is 12.1 Å². The number of hydrogen-bond acceptors (Lipinski definition) is 4. The van der Waals surface area contributed by atoms with Crippen LogP contribution < -0.4 is 10.9 Å². The van der Waals surface area contributed by atoms with Gasteiger partial charge in [-0.05, 0) is 17.7 Å². The molecule has 1 rings (SSSR count). The van der Waals surface area contributed by atoms with Crippen LogP contribution in [-0.4, -0.2) is 13.5 Å². The van der Waals surface area contributed by atoms with Crippen molar-refractivity contribution in [2.24, 2.45) is 5.14 Å². The monoisotopic (exact) mass is 202 g/mol. The van der Waals surface area contributed by atoms with E-state index in [1.54, 1.807) is 12.1 Å². The Bertz CT molecular complexity index is 402. The van der Waals surface area contributed by atoms with Gasteiger partial charge in [0.15, 0.2) is 5.44 Å². The fourth-order valence-electron chi connectivity index (χ4n) is 0.902. The average Bonchev–Trinajstić information content (AvgIpc) is 2.01. The van der Waals surface area contributed by atoms with Gasteiger partial charge in [0.1, 0.15) is 0 Å². The molecule has 0 heterocycles. The summed E-state index contributed by atoms with van der Waals surface area (Å²) in [5.74, 6) is 0. The Balaban J connectivity index is 3.10. The van der Waals surface area contributed by atoms with E-state index >= 15 is 0 Å². The molecule has 1 aromatic carbocycles. The minimum absolute atomic E-state index is 0.169. The van der Waals surface area contributed by atoms with Gasteiger partial charge in [0.2, 0.25) is 10.0 Å². The number of primary sulfonamides is 1. The number of rotatable bonds is 2. The third-order valence-corrected chi connectivity index (χ3v) is 2.40. The molecule has 0 saturated carbocycles. The molecule has 1 aromatic rings. The third kappa shape index (κ3) is 2.41. The SMILES string of the molecule is Nc1cccc(C(O)S(N)(=O)=O)c1. The maximum atomic E-state index is 10.7. The van der Waals surface area contributed by atoms with Crippen LogP contribution >= 0.6 is 0 Å². The summed E-state index contributed by atoms with van der Waals surface area (Å²) in [6.45, 7) is 0. The summed E-state index contributed by atoms with van der Waals surface area (Å²) in [5, 5.41) is 14.0. The standard InChI is InChI=1S/C7H10N2O3S/c8-6-3-1-2-5(4-6)7(10)13(9,11)12/h1-4,7,10H,8H2,(H2,9,11,12). The molecule has 0 amide bonds. The number of hydrogen-bond donors (Lipinski definition) is 3. The van der Waals surface area contributed by atoms with Crippen molar-refractivity contribution < 1.29 is 13.5 Å². The zero-order chi connectivity index (χ0) is 10.1. The number of benzene rings is 1. The number of nitrogens with two attached hydrogens (primary N) is 2. The van der Waals surface area contributed by atoms with E-state index in [4.69, 9.17) is 10.9 Å². The first-order chi connectivity index (χ1) is 5.91. The minimum atomic E-state index is -3.97. The van der Waals surface area contributed by atoms with E-state index < -0.39 is 15.5 Å². The normalized spacial score (nSPS) is 14.0. The van der Waals surface area contributed by atoms with Crippen molar-refractivity contribution in [1.29, 1.82) is 0 Å². The van der Waals surface area contributed by atoms with Crippen LogP contribution in [0, 0.1) is 0 Å². The molecule has 5 nitrogen and oxygen atoms in total. The molecule has 0 radical (unpaired) electrons. The van der Waals surface area contributed by atoms with E-state index in [1.807, 2.05) is 0 Å². The van der Waals surface area contributed by atoms with Gasteiger partial charge in [-0.25, -0.2) is 13.6 Å². The number of sulfonamides is 1. The second kappa shape index (κ2) is 3.33. The number of nitrogen functional groups attached to an aromatic ring is 1. The van der Waals surface area contributed by atoms with Crippen molar-refractivity contribution in [3.8, 4) is 0 Å². The fraction of sp³-hybridized carbons (Fsp3) is 0.143. The van der Waals surface area contributed by atoms with Gasteiger partial charge in [-0.2, -0.15) is 0 Å². The Labute approximate surface area is 76.0 Å². The Kier molecular flexibility index (Phi) is 2.55. The van der Waals surface area contributed by atoms with Gasteiger partial charge in [-0.15, -0.1) is 0 Å². The van der Waals surface area contributed by atoms with Gasteiger partial charge < -0.3 is 10.8 Å². The lowest BCUT2D eigenvalue weighted by Crippen LogP contribution is -2.21. The maximum absolute atomic E-state index is 10.7. The van der Waals surface area contributed by atoms with Crippen LogP contribution in [0.1, 0.15) is 11.0 Å². The van der Waals surface area contributed by atoms with Crippen LogP contribution in [0.3, 0.4) is 0 Å². The predicted molar refractivity (Wildman–Crippen MR) is 48.9 cm³/mol. The number of anilines is 1. The Hall–Kier alpha value is -1.11. The molecule has 1 unspecified atom stereocenters. The molecule has 0 aliphatic carbocycles. The molecule has 0 aliphatic rings. The summed E-state index contributed by atoms with van der Waals surface area (Å²) in [7, 11) is -3.97. The lowest BCUT2D eigenvalue weighted by atomic mass is 10.2. The van der Waals surface area contributed by atoms with Gasteiger partial charge in [0, 0.05) is 5.69 Å². The molecule has 6 heteroatoms. The molecule has 0 bridgehead atoms. The highest BCUT2D eigenvalue weighted by molar-refractivity contribution is 7.89. The second-order valence-corrected chi connectivity index (χ2v) is 4.24. The van der Waals surface area contributed by atoms with Crippen LogP contribution in [0.5, 0.6) is 0 Å². The lowest BCUT2D eigenvalue weighted by molar-refractivity contribution is 0.255. The Morgan fingerprint density at radius 1 is 1.38 bits per heavy atom. The first-order valence-corrected chi connectivity index (χ1v) is 5.07. The summed E-state index contributed by atoms with van der Waals surface area (Å²) < 4.78 is 21.5. The Morgan fingerprint density at radius 2 is 2.00 bits per heavy atom. The lowest BCUT2D eigenvalue weighted by Gasteiger charge is -2.08. The first-order valence-electron chi connectivity index (χ1n) is 3.46. The number of aliphatic hydroxyl groups is 1. The molecule has 1 atom stereocenters. The van der Waals surface area contributed by atoms with E-state index in [9.17, 15) is 13.5 Å². The van der Waals surface area contributed by atoms with Crippen molar-refractivity contribution in [2.45, 2.75) is 5.44 Å². The molecule has 0 fully saturated rings. The van der Waals surface area contributed by atoms with Crippen LogP contribution in [0.15, 0.2) is 24.3 Å². The van der Waals surface area contributed by atoms with Crippen LogP contribution in [-0.2, 0) is 10.0 Å². The Morgan fingerprint density at radius 3 is 2.46 bits per heavy atom. The van der Waals surface area contributed by atoms with Crippen molar-refractivity contribution in [1.82, 2.24) is 0 Å². The average molecular weight is 202 g/mol. The third-order valence-electron chi connectivity index (χ3n) is 1.51. The van der Waals surface area contributed by atoms with Crippen LogP contribution in [0.2, 0.25) is 0 Å². The van der Waals surface area contributed by atoms with Crippen molar-refractivity contribution >= 4 is 15.7 Å². The molecule has 0 spiro atoms. The topological polar surface area (TPSA) is 106 Å². The largest absolute Gasteiger partial charge is 0.399 e. The summed E-state index contributed by atoms with van der Waals surface area (Å²) in [6, 6.07) is 5.92. The molecule has 5 N–H and O–H groups in total. The van der Waals surface area contributed by atoms with E-state index in [0.29, 0.717) is 5.69 Å². The van der Waals surface area contributed by atoms with E-state index in [-0.39, 0.29) is 5.56 Å². The molecule has 0 aliphatic heterocycles. The first kappa shape index (κ1) is 9.97. The fourth-order valence-corrected chi connectivity index (χ4v) is 1.43. The van der Waals surface area contributed by atoms with Crippen molar-refractivity contribution in [3.05, 3.63) is 29.8 Å². The summed E-state index contributed by atoms with van der Waals surface area (Å²) in [5.41, 5.74) is 4.23. The zero-order valence-corrected chi connectivity index (χ0v) is 7.53. The summed E-state index contributed by atoms with van der Waals surface area (Å²) >= 11 is 0. The van der Waals surface area contributed by atoms with Gasteiger partial charge in [0.05, 0.1) is 0 Å². The predicted octanol–water partition coefficient (Wildman–Crippen LogP) is -0.452. The highest BCUT2D eigenvalue weighted by Gasteiger charge is 2.19. The van der Waals surface area contributed by atoms with Gasteiger partial charge >= 0.3 is 0 Å². The van der Waals surface area contributed by atoms with Crippen molar-refractivity contribution in [3.63, 3.8) is 0 Å². The maximum Gasteiger partial charge on any atom is 0.240 e. The second-order valence-electron chi connectivity index (χ2n) is 2.61. The van der Waals surface area contributed by atoms with E-state index in [0.717, 1.165) is 0 Å². The van der Waals surface area contributed by atoms with Gasteiger partial charge in [0.25, 0.3) is 0 Å². The van der Waals surface area contributed by atoms with Gasteiger partial charge in [-0.3, -0.25) is 0 Å². The minimum Gasteiger partial charge on any atom is -0.399 e. The highest BCUT2D eigenvalue weighted by atomic mass is 32.2. The quantitative estimate of drug-likeness (QED) is 0.564. The zero-order valence-electron chi connectivity index (χ0n) is 6.71. The number of aliphatic hydroxyl groups excluding tert-OH is 1. The van der Waals surface area contributed by atoms with Crippen LogP contribution in [0.25, 0.3) is 0 Å². The molecule has 72 valence electrons. The molecular weight excluding hydrogens is 192 g/mol.